The molecule has 0 saturated carbocycles. The molecule has 0 saturated heterocycles. The Kier molecular flexibility index (Phi) is 6.67. The minimum atomic E-state index is 0.0823. The van der Waals surface area contributed by atoms with Crippen LogP contribution in [0.15, 0.2) is 36.4 Å². The highest BCUT2D eigenvalue weighted by molar-refractivity contribution is 6.30. The van der Waals surface area contributed by atoms with Crippen LogP contribution in [0.1, 0.15) is 41.7 Å². The van der Waals surface area contributed by atoms with Gasteiger partial charge in [0.2, 0.25) is 0 Å². The molecule has 0 bridgehead atoms. The van der Waals surface area contributed by atoms with E-state index in [1.54, 1.807) is 0 Å². The van der Waals surface area contributed by atoms with E-state index in [-0.39, 0.29) is 5.41 Å². The number of hydrogen-bond acceptors (Lipinski definition) is 2. The van der Waals surface area contributed by atoms with Crippen molar-refractivity contribution in [2.45, 2.75) is 47.7 Å². The van der Waals surface area contributed by atoms with E-state index in [9.17, 15) is 0 Å². The largest absolute Gasteiger partial charge is 0.330 e. The van der Waals surface area contributed by atoms with Gasteiger partial charge in [-0.15, -0.1) is 0 Å². The first-order valence-electron chi connectivity index (χ1n) is 8.94. The van der Waals surface area contributed by atoms with Gasteiger partial charge in [0.15, 0.2) is 0 Å². The Morgan fingerprint density at radius 1 is 0.960 bits per heavy atom. The van der Waals surface area contributed by atoms with Crippen molar-refractivity contribution in [3.05, 3.63) is 69.2 Å². The van der Waals surface area contributed by atoms with Crippen LogP contribution < -0.4 is 5.73 Å². The van der Waals surface area contributed by atoms with Crippen molar-refractivity contribution in [2.75, 3.05) is 13.1 Å². The highest BCUT2D eigenvalue weighted by atomic mass is 35.5. The first kappa shape index (κ1) is 20.0. The lowest BCUT2D eigenvalue weighted by Crippen LogP contribution is -2.38. The standard InChI is InChI=1S/C22H31ClN2/c1-16-10-17(2)21(18(3)11-16)13-25(15-22(4,5)14-24)12-19-6-8-20(23)9-7-19/h6-11H,12-15,24H2,1-5H3. The third-order valence-corrected chi connectivity index (χ3v) is 5.00. The van der Waals surface area contributed by atoms with Crippen molar-refractivity contribution in [3.8, 4) is 0 Å². The van der Waals surface area contributed by atoms with Crippen LogP contribution in [0.2, 0.25) is 5.02 Å². The summed E-state index contributed by atoms with van der Waals surface area (Å²) in [6.07, 6.45) is 0. The van der Waals surface area contributed by atoms with Gasteiger partial charge in [-0.1, -0.05) is 55.3 Å². The second-order valence-corrected chi connectivity index (χ2v) is 8.45. The van der Waals surface area contributed by atoms with Gasteiger partial charge in [0.25, 0.3) is 0 Å². The highest BCUT2D eigenvalue weighted by Crippen LogP contribution is 2.23. The van der Waals surface area contributed by atoms with E-state index in [4.69, 9.17) is 17.3 Å². The van der Waals surface area contributed by atoms with Crippen LogP contribution in [0.3, 0.4) is 0 Å². The predicted molar refractivity (Wildman–Crippen MR) is 109 cm³/mol. The number of hydrogen-bond donors (Lipinski definition) is 1. The van der Waals surface area contributed by atoms with Gasteiger partial charge in [-0.2, -0.15) is 0 Å². The average molecular weight is 359 g/mol. The van der Waals surface area contributed by atoms with Crippen molar-refractivity contribution in [1.29, 1.82) is 0 Å². The van der Waals surface area contributed by atoms with Gasteiger partial charge in [-0.3, -0.25) is 4.90 Å². The Hall–Kier alpha value is -1.35. The third kappa shape index (κ3) is 5.85. The van der Waals surface area contributed by atoms with Crippen LogP contribution in [-0.4, -0.2) is 18.0 Å². The van der Waals surface area contributed by atoms with Gasteiger partial charge in [0, 0.05) is 24.7 Å². The summed E-state index contributed by atoms with van der Waals surface area (Å²) in [4.78, 5) is 2.50. The molecule has 136 valence electrons. The fourth-order valence-corrected chi connectivity index (χ4v) is 3.49. The first-order chi connectivity index (χ1) is 11.7. The van der Waals surface area contributed by atoms with Crippen molar-refractivity contribution in [2.24, 2.45) is 11.1 Å². The van der Waals surface area contributed by atoms with Gasteiger partial charge in [0.05, 0.1) is 0 Å². The number of halogens is 1. The minimum Gasteiger partial charge on any atom is -0.330 e. The molecule has 2 N–H and O–H groups in total. The van der Waals surface area contributed by atoms with Crippen LogP contribution >= 0.6 is 11.6 Å². The molecule has 0 unspecified atom stereocenters. The average Bonchev–Trinajstić information content (AvgIpc) is 2.52. The zero-order valence-corrected chi connectivity index (χ0v) is 17.0. The Morgan fingerprint density at radius 2 is 1.52 bits per heavy atom. The number of aryl methyl sites for hydroxylation is 3. The quantitative estimate of drug-likeness (QED) is 0.732. The maximum Gasteiger partial charge on any atom is 0.0406 e. The van der Waals surface area contributed by atoms with Crippen LogP contribution in [0, 0.1) is 26.2 Å². The summed E-state index contributed by atoms with van der Waals surface area (Å²) in [6.45, 7) is 14.5. The molecule has 0 aliphatic carbocycles. The summed E-state index contributed by atoms with van der Waals surface area (Å²) in [7, 11) is 0. The highest BCUT2D eigenvalue weighted by Gasteiger charge is 2.21. The summed E-state index contributed by atoms with van der Waals surface area (Å²) < 4.78 is 0. The Balaban J connectivity index is 2.26. The Morgan fingerprint density at radius 3 is 2.04 bits per heavy atom. The van der Waals surface area contributed by atoms with Crippen molar-refractivity contribution in [3.63, 3.8) is 0 Å². The molecule has 0 fully saturated rings. The lowest BCUT2D eigenvalue weighted by Gasteiger charge is -2.33. The Bertz CT molecular complexity index is 681. The molecule has 0 amide bonds. The third-order valence-electron chi connectivity index (χ3n) is 4.75. The topological polar surface area (TPSA) is 29.3 Å². The molecule has 2 nitrogen and oxygen atoms in total. The summed E-state index contributed by atoms with van der Waals surface area (Å²) >= 11 is 6.03. The molecule has 2 rings (SSSR count). The fraction of sp³-hybridized carbons (Fsp3) is 0.455. The van der Waals surface area contributed by atoms with E-state index in [1.165, 1.54) is 27.8 Å². The molecular weight excluding hydrogens is 328 g/mol. The predicted octanol–water partition coefficient (Wildman–Crippen LogP) is 5.25. The maximum atomic E-state index is 6.03. The van der Waals surface area contributed by atoms with E-state index < -0.39 is 0 Å². The van der Waals surface area contributed by atoms with Crippen LogP contribution in [-0.2, 0) is 13.1 Å². The number of nitrogens with zero attached hydrogens (tertiary/aromatic N) is 1. The zero-order valence-electron chi connectivity index (χ0n) is 16.2. The molecule has 0 aliphatic rings. The van der Waals surface area contributed by atoms with Gasteiger partial charge in [0.1, 0.15) is 0 Å². The summed E-state index contributed by atoms with van der Waals surface area (Å²) in [5.41, 5.74) is 12.8. The second kappa shape index (κ2) is 8.35. The smallest absolute Gasteiger partial charge is 0.0406 e. The summed E-state index contributed by atoms with van der Waals surface area (Å²) in [5.74, 6) is 0. The number of benzene rings is 2. The molecule has 0 atom stereocenters. The van der Waals surface area contributed by atoms with E-state index in [1.807, 2.05) is 12.1 Å². The molecule has 3 heteroatoms. The Labute approximate surface area is 158 Å². The van der Waals surface area contributed by atoms with E-state index in [0.29, 0.717) is 6.54 Å². The van der Waals surface area contributed by atoms with Crippen LogP contribution in [0.5, 0.6) is 0 Å². The second-order valence-electron chi connectivity index (χ2n) is 8.02. The van der Waals surface area contributed by atoms with Crippen LogP contribution in [0.25, 0.3) is 0 Å². The number of nitrogens with two attached hydrogens (primary N) is 1. The number of rotatable bonds is 7. The molecule has 0 heterocycles. The minimum absolute atomic E-state index is 0.0823. The van der Waals surface area contributed by atoms with Crippen molar-refractivity contribution < 1.29 is 0 Å². The molecule has 0 aliphatic heterocycles. The molecule has 0 aromatic heterocycles. The molecular formula is C22H31ClN2. The normalized spacial score (nSPS) is 12.0. The van der Waals surface area contributed by atoms with E-state index in [0.717, 1.165) is 24.7 Å². The van der Waals surface area contributed by atoms with Gasteiger partial charge < -0.3 is 5.73 Å². The lowest BCUT2D eigenvalue weighted by molar-refractivity contribution is 0.168. The van der Waals surface area contributed by atoms with E-state index in [2.05, 4.69) is 63.8 Å². The SMILES string of the molecule is Cc1cc(C)c(CN(Cc2ccc(Cl)cc2)CC(C)(C)CN)c(C)c1. The van der Waals surface area contributed by atoms with E-state index >= 15 is 0 Å². The van der Waals surface area contributed by atoms with Gasteiger partial charge in [-0.05, 0) is 67.1 Å². The van der Waals surface area contributed by atoms with Crippen LogP contribution in [0.4, 0.5) is 0 Å². The maximum absolute atomic E-state index is 6.03. The monoisotopic (exact) mass is 358 g/mol. The van der Waals surface area contributed by atoms with Crippen molar-refractivity contribution >= 4 is 11.6 Å². The summed E-state index contributed by atoms with van der Waals surface area (Å²) in [6, 6.07) is 12.7. The molecule has 0 radical (unpaired) electrons. The zero-order chi connectivity index (χ0) is 18.6. The van der Waals surface area contributed by atoms with Gasteiger partial charge >= 0.3 is 0 Å². The first-order valence-corrected chi connectivity index (χ1v) is 9.31. The van der Waals surface area contributed by atoms with Crippen molar-refractivity contribution in [1.82, 2.24) is 4.90 Å². The molecule has 2 aromatic carbocycles. The molecule has 25 heavy (non-hydrogen) atoms. The molecule has 0 spiro atoms. The van der Waals surface area contributed by atoms with Gasteiger partial charge in [-0.25, -0.2) is 0 Å². The fourth-order valence-electron chi connectivity index (χ4n) is 3.37. The molecule has 2 aromatic rings. The lowest BCUT2D eigenvalue weighted by atomic mass is 9.92. The summed E-state index contributed by atoms with van der Waals surface area (Å²) in [5, 5.41) is 0.780.